The monoisotopic (exact) mass is 337 g/mol. The van der Waals surface area contributed by atoms with Gasteiger partial charge in [0.05, 0.1) is 0 Å². The third kappa shape index (κ3) is 4.88. The predicted octanol–water partition coefficient (Wildman–Crippen LogP) is 3.79. The molecular weight excluding hydrogens is 326 g/mol. The second-order valence-electron chi connectivity index (χ2n) is 4.65. The van der Waals surface area contributed by atoms with E-state index in [1.54, 1.807) is 48.5 Å². The predicted molar refractivity (Wildman–Crippen MR) is 91.2 cm³/mol. The lowest BCUT2D eigenvalue weighted by molar-refractivity contribution is -0.112. The summed E-state index contributed by atoms with van der Waals surface area (Å²) in [6.07, 6.45) is 1.47. The van der Waals surface area contributed by atoms with Gasteiger partial charge in [-0.05, 0) is 48.0 Å². The van der Waals surface area contributed by atoms with Crippen LogP contribution in [0.3, 0.4) is 0 Å². The fourth-order valence-electron chi connectivity index (χ4n) is 1.82. The topological polar surface area (TPSA) is 85.9 Å². The van der Waals surface area contributed by atoms with Crippen molar-refractivity contribution in [1.82, 2.24) is 0 Å². The molecule has 2 aromatic rings. The van der Waals surface area contributed by atoms with Crippen molar-refractivity contribution in [2.24, 2.45) is 0 Å². The van der Waals surface area contributed by atoms with E-state index in [9.17, 15) is 10.1 Å². The maximum atomic E-state index is 12.1. The molecule has 118 valence electrons. The number of carbonyl (C=O) groups is 1. The van der Waals surface area contributed by atoms with Crippen molar-refractivity contribution in [2.45, 2.75) is 0 Å². The van der Waals surface area contributed by atoms with Gasteiger partial charge in [-0.2, -0.15) is 10.5 Å². The van der Waals surface area contributed by atoms with E-state index in [-0.39, 0.29) is 12.2 Å². The van der Waals surface area contributed by atoms with Gasteiger partial charge < -0.3 is 10.1 Å². The Morgan fingerprint density at radius 2 is 1.79 bits per heavy atom. The number of ether oxygens (including phenoxy) is 1. The van der Waals surface area contributed by atoms with Crippen molar-refractivity contribution < 1.29 is 9.53 Å². The number of anilines is 1. The molecule has 2 rings (SSSR count). The van der Waals surface area contributed by atoms with E-state index in [1.165, 1.54) is 6.08 Å². The third-order valence-electron chi connectivity index (χ3n) is 2.96. The smallest absolute Gasteiger partial charge is 0.266 e. The van der Waals surface area contributed by atoms with Crippen LogP contribution in [0.25, 0.3) is 6.08 Å². The van der Waals surface area contributed by atoms with E-state index >= 15 is 0 Å². The maximum absolute atomic E-state index is 12.1. The first-order chi connectivity index (χ1) is 11.6. The fourth-order valence-corrected chi connectivity index (χ4v) is 1.95. The van der Waals surface area contributed by atoms with Crippen LogP contribution in [-0.4, -0.2) is 12.5 Å². The Balaban J connectivity index is 2.10. The molecule has 0 bridgehead atoms. The van der Waals surface area contributed by atoms with Crippen molar-refractivity contribution in [3.8, 4) is 17.9 Å². The molecule has 2 aromatic carbocycles. The molecular formula is C18H12ClN3O2. The van der Waals surface area contributed by atoms with Gasteiger partial charge in [0.15, 0.2) is 6.61 Å². The number of halogens is 1. The fraction of sp³-hybridized carbons (Fsp3) is 0.0556. The molecule has 0 aliphatic rings. The highest BCUT2D eigenvalue weighted by Crippen LogP contribution is 2.17. The highest BCUT2D eigenvalue weighted by Gasteiger charge is 2.09. The summed E-state index contributed by atoms with van der Waals surface area (Å²) in [5.41, 5.74) is 1.18. The van der Waals surface area contributed by atoms with Crippen LogP contribution in [0.1, 0.15) is 5.56 Å². The van der Waals surface area contributed by atoms with Crippen molar-refractivity contribution >= 4 is 29.3 Å². The molecule has 0 unspecified atom stereocenters. The van der Waals surface area contributed by atoms with E-state index in [2.05, 4.69) is 5.32 Å². The van der Waals surface area contributed by atoms with Gasteiger partial charge in [-0.15, -0.1) is 0 Å². The molecule has 5 nitrogen and oxygen atoms in total. The molecule has 0 aliphatic carbocycles. The van der Waals surface area contributed by atoms with Gasteiger partial charge in [0, 0.05) is 10.7 Å². The highest BCUT2D eigenvalue weighted by atomic mass is 35.5. The van der Waals surface area contributed by atoms with Gasteiger partial charge in [0.25, 0.3) is 5.91 Å². The Morgan fingerprint density at radius 1 is 1.12 bits per heavy atom. The van der Waals surface area contributed by atoms with Gasteiger partial charge in [-0.1, -0.05) is 23.7 Å². The molecule has 6 heteroatoms. The highest BCUT2D eigenvalue weighted by molar-refractivity contribution is 6.30. The zero-order valence-electron chi connectivity index (χ0n) is 12.5. The second kappa shape index (κ2) is 8.38. The number of nitrogens with zero attached hydrogens (tertiary/aromatic N) is 2. The minimum absolute atomic E-state index is 0.0318. The molecule has 0 radical (unpaired) electrons. The zero-order valence-corrected chi connectivity index (χ0v) is 13.2. The molecule has 0 aliphatic heterocycles. The molecule has 1 amide bonds. The minimum atomic E-state index is -0.510. The summed E-state index contributed by atoms with van der Waals surface area (Å²) in [5.74, 6) is 0.0300. The average Bonchev–Trinajstić information content (AvgIpc) is 2.60. The van der Waals surface area contributed by atoms with E-state index in [1.807, 2.05) is 12.1 Å². The van der Waals surface area contributed by atoms with Crippen LogP contribution in [0, 0.1) is 22.7 Å². The van der Waals surface area contributed by atoms with Gasteiger partial charge in [0.2, 0.25) is 0 Å². The van der Waals surface area contributed by atoms with Crippen LogP contribution in [-0.2, 0) is 4.79 Å². The number of carbonyl (C=O) groups excluding carboxylic acids is 1. The summed E-state index contributed by atoms with van der Waals surface area (Å²) in [7, 11) is 0. The summed E-state index contributed by atoms with van der Waals surface area (Å²) in [6.45, 7) is -0.0396. The summed E-state index contributed by atoms with van der Waals surface area (Å²) in [5, 5.41) is 20.8. The maximum Gasteiger partial charge on any atom is 0.266 e. The number of amides is 1. The Bertz CT molecular complexity index is 829. The lowest BCUT2D eigenvalue weighted by Crippen LogP contribution is -2.13. The number of hydrogen-bond acceptors (Lipinski definition) is 4. The molecule has 1 N–H and O–H groups in total. The number of nitriles is 2. The van der Waals surface area contributed by atoms with Gasteiger partial charge in [0.1, 0.15) is 23.5 Å². The first kappa shape index (κ1) is 17.1. The first-order valence-corrected chi connectivity index (χ1v) is 7.28. The molecule has 0 heterocycles. The molecule has 0 spiro atoms. The van der Waals surface area contributed by atoms with Crippen LogP contribution >= 0.6 is 11.6 Å². The van der Waals surface area contributed by atoms with Crippen molar-refractivity contribution in [2.75, 3.05) is 11.9 Å². The van der Waals surface area contributed by atoms with Crippen LogP contribution in [0.4, 0.5) is 5.69 Å². The van der Waals surface area contributed by atoms with Crippen LogP contribution in [0.5, 0.6) is 5.75 Å². The normalized spacial score (nSPS) is 10.4. The van der Waals surface area contributed by atoms with Crippen LogP contribution < -0.4 is 10.1 Å². The Morgan fingerprint density at radius 3 is 2.38 bits per heavy atom. The Kier molecular flexibility index (Phi) is 5.96. The number of hydrogen-bond donors (Lipinski definition) is 1. The Hall–Kier alpha value is -3.28. The van der Waals surface area contributed by atoms with E-state index in [4.69, 9.17) is 21.6 Å². The molecule has 0 aromatic heterocycles. The van der Waals surface area contributed by atoms with Gasteiger partial charge in [-0.3, -0.25) is 4.79 Å². The lowest BCUT2D eigenvalue weighted by Gasteiger charge is -2.05. The second-order valence-corrected chi connectivity index (χ2v) is 5.08. The number of rotatable bonds is 5. The van der Waals surface area contributed by atoms with Crippen LogP contribution in [0.15, 0.2) is 54.1 Å². The summed E-state index contributed by atoms with van der Waals surface area (Å²) < 4.78 is 5.14. The summed E-state index contributed by atoms with van der Waals surface area (Å²) in [4.78, 5) is 12.1. The molecule has 0 atom stereocenters. The largest absolute Gasteiger partial charge is 0.479 e. The van der Waals surface area contributed by atoms with Crippen molar-refractivity contribution in [3.63, 3.8) is 0 Å². The van der Waals surface area contributed by atoms with E-state index in [0.717, 1.165) is 0 Å². The average molecular weight is 338 g/mol. The molecule has 0 fully saturated rings. The third-order valence-corrected chi connectivity index (χ3v) is 3.21. The summed E-state index contributed by atoms with van der Waals surface area (Å²) in [6, 6.07) is 17.1. The minimum Gasteiger partial charge on any atom is -0.479 e. The van der Waals surface area contributed by atoms with Crippen LogP contribution in [0.2, 0.25) is 5.02 Å². The molecule has 0 saturated carbocycles. The lowest BCUT2D eigenvalue weighted by atomic mass is 10.1. The van der Waals surface area contributed by atoms with E-state index < -0.39 is 5.91 Å². The van der Waals surface area contributed by atoms with Crippen molar-refractivity contribution in [1.29, 1.82) is 10.5 Å². The zero-order chi connectivity index (χ0) is 17.4. The quantitative estimate of drug-likeness (QED) is 0.664. The molecule has 24 heavy (non-hydrogen) atoms. The number of nitrogens with one attached hydrogen (secondary N) is 1. The number of benzene rings is 2. The Labute approximate surface area is 144 Å². The summed E-state index contributed by atoms with van der Waals surface area (Å²) >= 11 is 5.79. The molecule has 0 saturated heterocycles. The van der Waals surface area contributed by atoms with Gasteiger partial charge in [-0.25, -0.2) is 0 Å². The SMILES string of the molecule is N#CCOc1ccc(/C=C(/C#N)C(=O)Nc2ccc(Cl)cc2)cc1. The first-order valence-electron chi connectivity index (χ1n) is 6.91. The standard InChI is InChI=1S/C18H12ClN3O2/c19-15-3-5-16(6-4-15)22-18(23)14(12-21)11-13-1-7-17(8-2-13)24-10-9-20/h1-8,11H,10H2,(H,22,23)/b14-11-. The van der Waals surface area contributed by atoms with Crippen molar-refractivity contribution in [3.05, 3.63) is 64.7 Å². The van der Waals surface area contributed by atoms with Gasteiger partial charge >= 0.3 is 0 Å². The van der Waals surface area contributed by atoms with E-state index in [0.29, 0.717) is 22.0 Å².